The van der Waals surface area contributed by atoms with Gasteiger partial charge in [0.15, 0.2) is 0 Å². The van der Waals surface area contributed by atoms with Crippen molar-refractivity contribution in [1.29, 1.82) is 0 Å². The Hall–Kier alpha value is -0.790. The van der Waals surface area contributed by atoms with Crippen molar-refractivity contribution in [2.75, 3.05) is 5.32 Å². The average molecular weight is 329 g/mol. The van der Waals surface area contributed by atoms with Gasteiger partial charge in [-0.05, 0) is 40.8 Å². The third-order valence-electron chi connectivity index (χ3n) is 1.55. The fraction of sp³-hybridized carbons (Fsp3) is 0.222. The minimum Gasteiger partial charge on any atom is -0.326 e. The van der Waals surface area contributed by atoms with Gasteiger partial charge in [0.05, 0.1) is 5.56 Å². The molecule has 0 saturated carbocycles. The zero-order valence-electron chi connectivity index (χ0n) is 7.65. The number of hydrogen-bond donors (Lipinski definition) is 1. The zero-order valence-corrected chi connectivity index (χ0v) is 9.81. The van der Waals surface area contributed by atoms with E-state index in [0.717, 1.165) is 12.1 Å². The van der Waals surface area contributed by atoms with Gasteiger partial charge >= 0.3 is 6.18 Å². The van der Waals surface area contributed by atoms with Crippen LogP contribution in [0.5, 0.6) is 0 Å². The molecule has 0 unspecified atom stereocenters. The summed E-state index contributed by atoms with van der Waals surface area (Å²) in [7, 11) is 0. The Kier molecular flexibility index (Phi) is 3.58. The molecule has 0 bridgehead atoms. The maximum Gasteiger partial charge on any atom is 0.416 e. The van der Waals surface area contributed by atoms with Crippen molar-refractivity contribution in [1.82, 2.24) is 0 Å². The van der Waals surface area contributed by atoms with Crippen LogP contribution in [-0.4, -0.2) is 5.91 Å². The van der Waals surface area contributed by atoms with E-state index in [9.17, 15) is 18.0 Å². The van der Waals surface area contributed by atoms with Gasteiger partial charge in [-0.15, -0.1) is 0 Å². The van der Waals surface area contributed by atoms with Crippen LogP contribution in [0.3, 0.4) is 0 Å². The number of anilines is 1. The number of nitrogens with one attached hydrogen (secondary N) is 1. The Bertz CT molecular complexity index is 389. The first-order chi connectivity index (χ1) is 6.79. The van der Waals surface area contributed by atoms with Crippen molar-refractivity contribution >= 4 is 34.2 Å². The number of carbonyl (C=O) groups is 1. The fourth-order valence-electron chi connectivity index (χ4n) is 1.03. The van der Waals surface area contributed by atoms with Crippen molar-refractivity contribution < 1.29 is 18.0 Å². The minimum absolute atomic E-state index is 0.154. The molecule has 1 amide bonds. The standard InChI is InChI=1S/C9H7F3INO/c1-5(15)14-8-3-6(9(10,11)12)2-7(13)4-8/h2-4H,1H3,(H,14,15). The maximum absolute atomic E-state index is 12.4. The van der Waals surface area contributed by atoms with Gasteiger partial charge < -0.3 is 5.32 Å². The van der Waals surface area contributed by atoms with Crippen molar-refractivity contribution in [3.63, 3.8) is 0 Å². The number of halogens is 4. The monoisotopic (exact) mass is 329 g/mol. The van der Waals surface area contributed by atoms with E-state index >= 15 is 0 Å². The lowest BCUT2D eigenvalue weighted by atomic mass is 10.2. The van der Waals surface area contributed by atoms with Crippen LogP contribution in [0.15, 0.2) is 18.2 Å². The normalized spacial score (nSPS) is 11.3. The van der Waals surface area contributed by atoms with Gasteiger partial charge in [0, 0.05) is 16.2 Å². The number of rotatable bonds is 1. The average Bonchev–Trinajstić information content (AvgIpc) is 1.99. The van der Waals surface area contributed by atoms with Gasteiger partial charge in [-0.2, -0.15) is 13.2 Å². The highest BCUT2D eigenvalue weighted by atomic mass is 127. The number of alkyl halides is 3. The van der Waals surface area contributed by atoms with E-state index in [-0.39, 0.29) is 5.69 Å². The number of hydrogen-bond acceptors (Lipinski definition) is 1. The van der Waals surface area contributed by atoms with Gasteiger partial charge in [0.25, 0.3) is 0 Å². The van der Waals surface area contributed by atoms with Crippen LogP contribution in [0, 0.1) is 3.57 Å². The Morgan fingerprint density at radius 1 is 1.33 bits per heavy atom. The van der Waals surface area contributed by atoms with Crippen LogP contribution in [0.25, 0.3) is 0 Å². The Balaban J connectivity index is 3.11. The highest BCUT2D eigenvalue weighted by Crippen LogP contribution is 2.32. The molecule has 0 saturated heterocycles. The molecule has 2 nitrogen and oxygen atoms in total. The molecule has 0 aromatic heterocycles. The summed E-state index contributed by atoms with van der Waals surface area (Å²) >= 11 is 1.77. The summed E-state index contributed by atoms with van der Waals surface area (Å²) in [6, 6.07) is 3.40. The number of amides is 1. The summed E-state index contributed by atoms with van der Waals surface area (Å²) in [6.45, 7) is 1.24. The van der Waals surface area contributed by atoms with Crippen LogP contribution in [-0.2, 0) is 11.0 Å². The number of carbonyl (C=O) groups excluding carboxylic acids is 1. The summed E-state index contributed by atoms with van der Waals surface area (Å²) in [5.74, 6) is -0.398. The van der Waals surface area contributed by atoms with E-state index in [1.165, 1.54) is 13.0 Å². The predicted octanol–water partition coefficient (Wildman–Crippen LogP) is 3.27. The molecule has 0 spiro atoms. The highest BCUT2D eigenvalue weighted by molar-refractivity contribution is 14.1. The third kappa shape index (κ3) is 3.69. The van der Waals surface area contributed by atoms with Crippen LogP contribution in [0.4, 0.5) is 18.9 Å². The predicted molar refractivity (Wildman–Crippen MR) is 58.5 cm³/mol. The molecular formula is C9H7F3INO. The van der Waals surface area contributed by atoms with E-state index in [4.69, 9.17) is 0 Å². The van der Waals surface area contributed by atoms with E-state index in [2.05, 4.69) is 5.32 Å². The van der Waals surface area contributed by atoms with Crippen LogP contribution >= 0.6 is 22.6 Å². The summed E-state index contributed by atoms with van der Waals surface area (Å²) in [5.41, 5.74) is -0.611. The van der Waals surface area contributed by atoms with Crippen molar-refractivity contribution in [2.45, 2.75) is 13.1 Å². The van der Waals surface area contributed by atoms with Crippen molar-refractivity contribution in [2.24, 2.45) is 0 Å². The summed E-state index contributed by atoms with van der Waals surface area (Å²) < 4.78 is 37.5. The lowest BCUT2D eigenvalue weighted by molar-refractivity contribution is -0.137. The van der Waals surface area contributed by atoms with Gasteiger partial charge in [0.2, 0.25) is 5.91 Å². The molecule has 0 atom stereocenters. The summed E-state index contributed by atoms with van der Waals surface area (Å²) in [6.07, 6.45) is -4.39. The molecule has 0 aliphatic heterocycles. The zero-order chi connectivity index (χ0) is 11.6. The smallest absolute Gasteiger partial charge is 0.326 e. The van der Waals surface area contributed by atoms with Crippen molar-refractivity contribution in [3.05, 3.63) is 27.3 Å². The number of benzene rings is 1. The molecule has 6 heteroatoms. The van der Waals surface area contributed by atoms with Crippen LogP contribution in [0.1, 0.15) is 12.5 Å². The lowest BCUT2D eigenvalue weighted by Crippen LogP contribution is -2.09. The fourth-order valence-corrected chi connectivity index (χ4v) is 1.70. The van der Waals surface area contributed by atoms with Crippen LogP contribution in [0.2, 0.25) is 0 Å². The van der Waals surface area contributed by atoms with Gasteiger partial charge in [-0.1, -0.05) is 0 Å². The Labute approximate surface area is 98.0 Å². The second-order valence-corrected chi connectivity index (χ2v) is 4.15. The quantitative estimate of drug-likeness (QED) is 0.788. The summed E-state index contributed by atoms with van der Waals surface area (Å²) in [4.78, 5) is 10.7. The first-order valence-corrected chi connectivity index (χ1v) is 5.02. The van der Waals surface area contributed by atoms with E-state index in [1.54, 1.807) is 22.6 Å². The molecule has 0 aliphatic rings. The summed E-state index contributed by atoms with van der Waals surface area (Å²) in [5, 5.41) is 2.31. The first-order valence-electron chi connectivity index (χ1n) is 3.94. The molecule has 1 aromatic rings. The third-order valence-corrected chi connectivity index (χ3v) is 2.17. The van der Waals surface area contributed by atoms with E-state index in [1.807, 2.05) is 0 Å². The molecule has 0 heterocycles. The van der Waals surface area contributed by atoms with E-state index in [0.29, 0.717) is 3.57 Å². The van der Waals surface area contributed by atoms with E-state index < -0.39 is 17.6 Å². The minimum atomic E-state index is -4.39. The molecule has 15 heavy (non-hydrogen) atoms. The Morgan fingerprint density at radius 2 is 1.93 bits per heavy atom. The lowest BCUT2D eigenvalue weighted by Gasteiger charge is -2.10. The molecule has 0 fully saturated rings. The molecule has 0 radical (unpaired) electrons. The largest absolute Gasteiger partial charge is 0.416 e. The van der Waals surface area contributed by atoms with Gasteiger partial charge in [0.1, 0.15) is 0 Å². The van der Waals surface area contributed by atoms with Crippen molar-refractivity contribution in [3.8, 4) is 0 Å². The second kappa shape index (κ2) is 4.38. The molecule has 82 valence electrons. The molecule has 1 N–H and O–H groups in total. The molecule has 1 rings (SSSR count). The SMILES string of the molecule is CC(=O)Nc1cc(I)cc(C(F)(F)F)c1. The Morgan fingerprint density at radius 3 is 2.40 bits per heavy atom. The van der Waals surface area contributed by atoms with Gasteiger partial charge in [-0.3, -0.25) is 4.79 Å². The van der Waals surface area contributed by atoms with Gasteiger partial charge in [-0.25, -0.2) is 0 Å². The second-order valence-electron chi connectivity index (χ2n) is 2.91. The maximum atomic E-state index is 12.4. The molecule has 1 aromatic carbocycles. The van der Waals surface area contributed by atoms with Crippen LogP contribution < -0.4 is 5.32 Å². The molecular weight excluding hydrogens is 322 g/mol. The molecule has 0 aliphatic carbocycles. The highest BCUT2D eigenvalue weighted by Gasteiger charge is 2.31. The topological polar surface area (TPSA) is 29.1 Å². The first kappa shape index (κ1) is 12.3.